The summed E-state index contributed by atoms with van der Waals surface area (Å²) in [4.78, 5) is 47.2. The minimum atomic E-state index is -0.676. The molecule has 1 aliphatic heterocycles. The quantitative estimate of drug-likeness (QED) is 0.346. The Hall–Kier alpha value is -4.13. The van der Waals surface area contributed by atoms with E-state index >= 15 is 0 Å². The van der Waals surface area contributed by atoms with Crippen molar-refractivity contribution >= 4 is 35.1 Å². The van der Waals surface area contributed by atoms with E-state index in [0.29, 0.717) is 55.3 Å². The number of nitrogens with one attached hydrogen (secondary N) is 2. The van der Waals surface area contributed by atoms with Crippen LogP contribution >= 0.6 is 11.8 Å². The van der Waals surface area contributed by atoms with E-state index in [2.05, 4.69) is 15.7 Å². The van der Waals surface area contributed by atoms with Crippen LogP contribution in [0.2, 0.25) is 0 Å². The minimum Gasteiger partial charge on any atom is -0.344 e. The number of thioether (sulfide) groups is 1. The van der Waals surface area contributed by atoms with Gasteiger partial charge in [0, 0.05) is 44.5 Å². The molecule has 12 nitrogen and oxygen atoms in total. The molecule has 43 heavy (non-hydrogen) atoms. The average Bonchev–Trinajstić information content (AvgIpc) is 3.71. The Morgan fingerprint density at radius 1 is 1.09 bits per heavy atom. The number of hydrogen-bond donors (Lipinski definition) is 2. The Labute approximate surface area is 255 Å². The smallest absolute Gasteiger partial charge is 0.259 e. The van der Waals surface area contributed by atoms with E-state index in [-0.39, 0.29) is 30.1 Å². The van der Waals surface area contributed by atoms with Gasteiger partial charge in [0.25, 0.3) is 5.91 Å². The molecule has 13 heteroatoms. The van der Waals surface area contributed by atoms with Crippen molar-refractivity contribution in [3.63, 3.8) is 0 Å². The second kappa shape index (κ2) is 13.4. The average molecular weight is 606 g/mol. The summed E-state index contributed by atoms with van der Waals surface area (Å²) < 4.78 is 5.35. The molecular weight excluding hydrogens is 566 g/mol. The minimum absolute atomic E-state index is 0.0175. The lowest BCUT2D eigenvalue weighted by Gasteiger charge is -2.27. The van der Waals surface area contributed by atoms with Gasteiger partial charge in [0.2, 0.25) is 11.8 Å². The first-order valence-electron chi connectivity index (χ1n) is 14.6. The third-order valence-corrected chi connectivity index (χ3v) is 8.35. The van der Waals surface area contributed by atoms with Crippen molar-refractivity contribution in [1.29, 1.82) is 0 Å². The van der Waals surface area contributed by atoms with Gasteiger partial charge in [-0.3, -0.25) is 14.4 Å². The monoisotopic (exact) mass is 605 g/mol. The van der Waals surface area contributed by atoms with Crippen molar-refractivity contribution in [2.24, 2.45) is 13.0 Å². The standard InChI is InChI=1S/C30H39N9O3S/c1-20(2)25-27-34-26(21-9-6-5-7-10-21)35-38(27)17-15-37(30(42)22-19-31-39-16-14-36(3)29(22)39)13-8-11-24(40)32-23(12-18-43-4)28(41)33-25/h5-7,9-10,14,16,19-20,23,25H,8,11-13,15,17-18H2,1-4H3,(H,32,40)(H,33,41)/t23-,25+/m0/s1. The first-order valence-corrected chi connectivity index (χ1v) is 16.0. The molecule has 2 N–H and O–H groups in total. The van der Waals surface area contributed by atoms with Crippen molar-refractivity contribution in [2.75, 3.05) is 25.1 Å². The number of amides is 3. The highest BCUT2D eigenvalue weighted by Crippen LogP contribution is 2.25. The Balaban J connectivity index is 1.53. The zero-order chi connectivity index (χ0) is 30.5. The lowest BCUT2D eigenvalue weighted by atomic mass is 10.0. The molecule has 0 saturated carbocycles. The van der Waals surface area contributed by atoms with Crippen LogP contribution in [0.1, 0.15) is 55.3 Å². The van der Waals surface area contributed by atoms with Gasteiger partial charge < -0.3 is 20.1 Å². The van der Waals surface area contributed by atoms with Crippen molar-refractivity contribution in [1.82, 2.24) is 44.5 Å². The summed E-state index contributed by atoms with van der Waals surface area (Å²) in [6.07, 6.45) is 8.37. The normalized spacial score (nSPS) is 18.8. The largest absolute Gasteiger partial charge is 0.344 e. The second-order valence-electron chi connectivity index (χ2n) is 11.1. The van der Waals surface area contributed by atoms with Gasteiger partial charge in [0.15, 0.2) is 11.6 Å². The van der Waals surface area contributed by atoms with Gasteiger partial charge in [0.1, 0.15) is 17.3 Å². The second-order valence-corrected chi connectivity index (χ2v) is 12.1. The number of fused-ring (bicyclic) bond motifs is 2. The number of carbonyl (C=O) groups is 3. The van der Waals surface area contributed by atoms with Crippen LogP contribution in [0.15, 0.2) is 48.9 Å². The van der Waals surface area contributed by atoms with Crippen LogP contribution in [0.5, 0.6) is 0 Å². The van der Waals surface area contributed by atoms with E-state index in [1.165, 1.54) is 0 Å². The van der Waals surface area contributed by atoms with Gasteiger partial charge in [0.05, 0.1) is 18.8 Å². The molecule has 2 atom stereocenters. The summed E-state index contributed by atoms with van der Waals surface area (Å²) in [5.74, 6) is 1.25. The third kappa shape index (κ3) is 6.76. The number of hydrogen-bond acceptors (Lipinski definition) is 7. The fourth-order valence-corrected chi connectivity index (χ4v) is 5.82. The molecule has 4 heterocycles. The highest BCUT2D eigenvalue weighted by atomic mass is 32.2. The van der Waals surface area contributed by atoms with Crippen molar-refractivity contribution in [3.8, 4) is 11.4 Å². The summed E-state index contributed by atoms with van der Waals surface area (Å²) in [7, 11) is 1.88. The number of aryl methyl sites for hydroxylation is 1. The predicted molar refractivity (Wildman–Crippen MR) is 165 cm³/mol. The van der Waals surface area contributed by atoms with E-state index < -0.39 is 12.1 Å². The van der Waals surface area contributed by atoms with Crippen molar-refractivity contribution < 1.29 is 14.4 Å². The van der Waals surface area contributed by atoms with Crippen LogP contribution in [0.4, 0.5) is 0 Å². The van der Waals surface area contributed by atoms with Gasteiger partial charge in [-0.1, -0.05) is 44.2 Å². The lowest BCUT2D eigenvalue weighted by Crippen LogP contribution is -2.49. The van der Waals surface area contributed by atoms with Gasteiger partial charge in [-0.15, -0.1) is 0 Å². The first-order chi connectivity index (χ1) is 20.8. The molecule has 1 aromatic carbocycles. The maximum Gasteiger partial charge on any atom is 0.259 e. The molecule has 3 aromatic heterocycles. The molecule has 0 radical (unpaired) electrons. The topological polar surface area (TPSA) is 131 Å². The maximum atomic E-state index is 13.9. The zero-order valence-electron chi connectivity index (χ0n) is 25.1. The molecule has 0 saturated heterocycles. The van der Waals surface area contributed by atoms with Crippen molar-refractivity contribution in [2.45, 2.75) is 51.7 Å². The molecule has 0 spiro atoms. The van der Waals surface area contributed by atoms with Crippen LogP contribution in [0.25, 0.3) is 17.0 Å². The summed E-state index contributed by atoms with van der Waals surface area (Å²) in [6, 6.07) is 8.56. The number of benzene rings is 1. The number of nitrogens with zero attached hydrogens (tertiary/aromatic N) is 7. The Kier molecular flexibility index (Phi) is 9.49. The van der Waals surface area contributed by atoms with Crippen LogP contribution in [-0.2, 0) is 23.2 Å². The molecule has 3 amide bonds. The molecule has 0 aliphatic carbocycles. The number of imidazole rings is 1. The molecule has 4 aromatic rings. The maximum absolute atomic E-state index is 13.9. The number of rotatable bonds is 6. The summed E-state index contributed by atoms with van der Waals surface area (Å²) in [6.45, 7) is 5.10. The van der Waals surface area contributed by atoms with Crippen molar-refractivity contribution in [3.05, 3.63) is 60.3 Å². The van der Waals surface area contributed by atoms with Crippen LogP contribution in [0.3, 0.4) is 0 Å². The molecule has 0 fully saturated rings. The lowest BCUT2D eigenvalue weighted by molar-refractivity contribution is -0.129. The van der Waals surface area contributed by atoms with Gasteiger partial charge in [-0.2, -0.15) is 22.0 Å². The highest BCUT2D eigenvalue weighted by molar-refractivity contribution is 7.98. The molecule has 5 rings (SSSR count). The van der Waals surface area contributed by atoms with Crippen LogP contribution in [0, 0.1) is 5.92 Å². The summed E-state index contributed by atoms with van der Waals surface area (Å²) in [5.41, 5.74) is 2.05. The Morgan fingerprint density at radius 3 is 2.63 bits per heavy atom. The fourth-order valence-electron chi connectivity index (χ4n) is 5.34. The Bertz CT molecular complexity index is 1580. The first kappa shape index (κ1) is 30.3. The van der Waals surface area contributed by atoms with Crippen LogP contribution < -0.4 is 10.6 Å². The van der Waals surface area contributed by atoms with Crippen LogP contribution in [-0.4, -0.2) is 82.7 Å². The SMILES string of the molecule is CSCC[C@@H]1NC(=O)CCCN(C(=O)c2cnn3ccn(C)c23)CCn2nc(-c3ccccc3)nc2[C@@H](C(C)C)NC1=O. The van der Waals surface area contributed by atoms with Gasteiger partial charge in [-0.25, -0.2) is 14.2 Å². The van der Waals surface area contributed by atoms with E-state index in [4.69, 9.17) is 10.1 Å². The van der Waals surface area contributed by atoms with Gasteiger partial charge in [-0.05, 0) is 30.8 Å². The molecule has 0 unspecified atom stereocenters. The summed E-state index contributed by atoms with van der Waals surface area (Å²) in [5, 5.41) is 15.3. The van der Waals surface area contributed by atoms with E-state index in [9.17, 15) is 14.4 Å². The van der Waals surface area contributed by atoms with E-state index in [0.717, 1.165) is 11.3 Å². The molecule has 0 bridgehead atoms. The van der Waals surface area contributed by atoms with E-state index in [1.54, 1.807) is 33.6 Å². The fraction of sp³-hybridized carbons (Fsp3) is 0.467. The zero-order valence-corrected chi connectivity index (χ0v) is 25.9. The third-order valence-electron chi connectivity index (χ3n) is 7.70. The summed E-state index contributed by atoms with van der Waals surface area (Å²) >= 11 is 1.62. The Morgan fingerprint density at radius 2 is 1.88 bits per heavy atom. The predicted octanol–water partition coefficient (Wildman–Crippen LogP) is 2.92. The van der Waals surface area contributed by atoms with Gasteiger partial charge >= 0.3 is 0 Å². The molecule has 1 aliphatic rings. The number of carbonyl (C=O) groups excluding carboxylic acids is 3. The van der Waals surface area contributed by atoms with E-state index in [1.807, 2.05) is 72.9 Å². The molecule has 228 valence electrons. The number of aromatic nitrogens is 6. The molecular formula is C30H39N9O3S. The highest BCUT2D eigenvalue weighted by Gasteiger charge is 2.30.